The molecule has 2 N–H and O–H groups in total. The molecule has 304 valence electrons. The fraction of sp³-hybridized carbons (Fsp3) is 0.0678. The van der Waals surface area contributed by atoms with Gasteiger partial charge in [0.05, 0.1) is 16.7 Å². The van der Waals surface area contributed by atoms with Gasteiger partial charge in [-0.1, -0.05) is 182 Å². The highest BCUT2D eigenvalue weighted by atomic mass is 16.3. The summed E-state index contributed by atoms with van der Waals surface area (Å²) in [5.74, 6) is 1.05. The summed E-state index contributed by atoms with van der Waals surface area (Å²) in [5, 5.41) is 14.8. The number of aromatic nitrogens is 1. The number of nitrogens with one attached hydrogen (secondary N) is 2. The quantitative estimate of drug-likeness (QED) is 0.176. The van der Waals surface area contributed by atoms with Gasteiger partial charge in [0.1, 0.15) is 23.8 Å². The summed E-state index contributed by atoms with van der Waals surface area (Å²) in [7, 11) is 0. The van der Waals surface area contributed by atoms with Crippen molar-refractivity contribution in [1.82, 2.24) is 15.2 Å². The van der Waals surface area contributed by atoms with Crippen molar-refractivity contribution >= 4 is 66.4 Å². The molecule has 5 heteroatoms. The number of benzene rings is 9. The molecular formula is C59H42N4O. The Morgan fingerprint density at radius 3 is 1.97 bits per heavy atom. The maximum absolute atomic E-state index is 7.09. The number of furan rings is 1. The lowest BCUT2D eigenvalue weighted by molar-refractivity contribution is 0.338. The molecule has 1 aliphatic carbocycles. The standard InChI is InChI=1S/C59H42N4O/c1-3-13-37(14-4-1)43-29-31-47-48-32-30-44(38-15-5-2-6-16-38)36-53(48)63(52(47)35-43)51-23-11-21-49-55-50(22-12-24-54(55)64-56(49)51)59-61-57(45-27-25-39-17-7-9-19-41(39)33-45)60-58(62-59)46-28-26-40-18-8-10-20-42(40)34-46/h1-33,35-36,46,58-59,62H,34H2,(H,60,61). The minimum Gasteiger partial charge on any atom is -0.454 e. The average molecular weight is 823 g/mol. The summed E-state index contributed by atoms with van der Waals surface area (Å²) in [5.41, 5.74) is 14.5. The molecule has 1 aliphatic heterocycles. The van der Waals surface area contributed by atoms with Crippen molar-refractivity contribution in [3.05, 3.63) is 229 Å². The third-order valence-electron chi connectivity index (χ3n) is 13.4. The van der Waals surface area contributed by atoms with Gasteiger partial charge in [-0.2, -0.15) is 0 Å². The van der Waals surface area contributed by atoms with Gasteiger partial charge in [-0.15, -0.1) is 0 Å². The van der Waals surface area contributed by atoms with Crippen molar-refractivity contribution < 1.29 is 4.42 Å². The molecule has 11 aromatic rings. The minimum absolute atomic E-state index is 0.165. The molecule has 13 rings (SSSR count). The summed E-state index contributed by atoms with van der Waals surface area (Å²) in [4.78, 5) is 5.44. The number of amidine groups is 1. The molecule has 0 bridgehead atoms. The maximum Gasteiger partial charge on any atom is 0.159 e. The van der Waals surface area contributed by atoms with Crippen molar-refractivity contribution in [3.8, 4) is 27.9 Å². The lowest BCUT2D eigenvalue weighted by Gasteiger charge is -2.36. The Bertz CT molecular complexity index is 3580. The molecule has 0 saturated heterocycles. The fourth-order valence-electron chi connectivity index (χ4n) is 10.3. The van der Waals surface area contributed by atoms with E-state index in [-0.39, 0.29) is 18.2 Å². The summed E-state index contributed by atoms with van der Waals surface area (Å²) >= 11 is 0. The monoisotopic (exact) mass is 822 g/mol. The predicted molar refractivity (Wildman–Crippen MR) is 265 cm³/mol. The molecule has 0 spiro atoms. The molecule has 64 heavy (non-hydrogen) atoms. The maximum atomic E-state index is 7.09. The van der Waals surface area contributed by atoms with Crippen LogP contribution >= 0.6 is 0 Å². The molecule has 2 aromatic heterocycles. The molecule has 0 fully saturated rings. The Kier molecular flexibility index (Phi) is 8.49. The van der Waals surface area contributed by atoms with Crippen LogP contribution < -0.4 is 10.6 Å². The van der Waals surface area contributed by atoms with Gasteiger partial charge in [0.25, 0.3) is 0 Å². The largest absolute Gasteiger partial charge is 0.454 e. The van der Waals surface area contributed by atoms with Gasteiger partial charge in [0, 0.05) is 38.6 Å². The Balaban J connectivity index is 0.985. The Morgan fingerprint density at radius 2 is 1.20 bits per heavy atom. The second kappa shape index (κ2) is 14.8. The van der Waals surface area contributed by atoms with Crippen LogP contribution in [0.2, 0.25) is 0 Å². The Morgan fingerprint density at radius 1 is 0.531 bits per heavy atom. The van der Waals surface area contributed by atoms with E-state index in [0.717, 1.165) is 62.0 Å². The highest BCUT2D eigenvalue weighted by Gasteiger charge is 2.32. The first kappa shape index (κ1) is 36.6. The number of aliphatic imine (C=N–C) groups is 1. The number of hydrogen-bond donors (Lipinski definition) is 2. The van der Waals surface area contributed by atoms with Gasteiger partial charge in [0.2, 0.25) is 0 Å². The van der Waals surface area contributed by atoms with E-state index in [1.54, 1.807) is 0 Å². The van der Waals surface area contributed by atoms with E-state index in [1.807, 2.05) is 0 Å². The van der Waals surface area contributed by atoms with E-state index in [2.05, 4.69) is 228 Å². The molecule has 5 nitrogen and oxygen atoms in total. The first-order valence-electron chi connectivity index (χ1n) is 22.2. The fourth-order valence-corrected chi connectivity index (χ4v) is 10.3. The van der Waals surface area contributed by atoms with Crippen molar-refractivity contribution in [3.63, 3.8) is 0 Å². The summed E-state index contributed by atoms with van der Waals surface area (Å²) in [6, 6.07) is 71.9. The Labute approximate surface area is 370 Å². The SMILES string of the molecule is C1=CC(C2N=C(c3ccc4ccccc4c3)NC(c3cccc4oc5c(-n6c7cc(-c8ccccc8)ccc7c7ccc(-c8ccccc8)cc76)cccc5c34)N2)Cc2ccccc21. The van der Waals surface area contributed by atoms with E-state index in [9.17, 15) is 0 Å². The number of fused-ring (bicyclic) bond motifs is 8. The molecule has 2 aliphatic rings. The molecule has 0 amide bonds. The molecule has 3 heterocycles. The van der Waals surface area contributed by atoms with Crippen LogP contribution in [0.5, 0.6) is 0 Å². The van der Waals surface area contributed by atoms with E-state index < -0.39 is 0 Å². The summed E-state index contributed by atoms with van der Waals surface area (Å²) in [6.45, 7) is 0. The number of nitrogens with zero attached hydrogens (tertiary/aromatic N) is 2. The van der Waals surface area contributed by atoms with Gasteiger partial charge in [-0.3, -0.25) is 5.32 Å². The Hall–Kier alpha value is -7.99. The highest BCUT2D eigenvalue weighted by molar-refractivity contribution is 6.14. The van der Waals surface area contributed by atoms with Gasteiger partial charge in [-0.25, -0.2) is 4.99 Å². The number of para-hydroxylation sites is 1. The van der Waals surface area contributed by atoms with Crippen LogP contribution in [0, 0.1) is 5.92 Å². The molecule has 3 atom stereocenters. The highest BCUT2D eigenvalue weighted by Crippen LogP contribution is 2.42. The van der Waals surface area contributed by atoms with Gasteiger partial charge in [0.15, 0.2) is 5.58 Å². The van der Waals surface area contributed by atoms with Crippen LogP contribution in [0.1, 0.15) is 28.4 Å². The second-order valence-corrected chi connectivity index (χ2v) is 17.2. The van der Waals surface area contributed by atoms with Gasteiger partial charge < -0.3 is 14.3 Å². The zero-order valence-electron chi connectivity index (χ0n) is 34.9. The van der Waals surface area contributed by atoms with E-state index in [4.69, 9.17) is 9.41 Å². The van der Waals surface area contributed by atoms with E-state index >= 15 is 0 Å². The zero-order valence-corrected chi connectivity index (χ0v) is 34.9. The topological polar surface area (TPSA) is 54.5 Å². The zero-order chi connectivity index (χ0) is 42.1. The third kappa shape index (κ3) is 6.08. The van der Waals surface area contributed by atoms with Crippen molar-refractivity contribution in [1.29, 1.82) is 0 Å². The minimum atomic E-state index is -0.252. The van der Waals surface area contributed by atoms with Crippen molar-refractivity contribution in [2.24, 2.45) is 10.9 Å². The molecule has 0 saturated carbocycles. The molecular weight excluding hydrogens is 781 g/mol. The lowest BCUT2D eigenvalue weighted by Crippen LogP contribution is -2.51. The van der Waals surface area contributed by atoms with Crippen LogP contribution in [-0.2, 0) is 6.42 Å². The third-order valence-corrected chi connectivity index (χ3v) is 13.4. The number of rotatable bonds is 6. The van der Waals surface area contributed by atoms with Crippen LogP contribution in [0.15, 0.2) is 216 Å². The number of hydrogen-bond acceptors (Lipinski definition) is 4. The van der Waals surface area contributed by atoms with Gasteiger partial charge in [-0.05, 0) is 80.9 Å². The van der Waals surface area contributed by atoms with Crippen LogP contribution in [0.4, 0.5) is 0 Å². The van der Waals surface area contributed by atoms with E-state index in [1.165, 1.54) is 54.9 Å². The summed E-state index contributed by atoms with van der Waals surface area (Å²) in [6.07, 6.45) is 5.08. The van der Waals surface area contributed by atoms with Gasteiger partial charge >= 0.3 is 0 Å². The van der Waals surface area contributed by atoms with Crippen LogP contribution in [-0.4, -0.2) is 16.6 Å². The second-order valence-electron chi connectivity index (χ2n) is 17.2. The normalized spacial score (nSPS) is 17.2. The van der Waals surface area contributed by atoms with E-state index in [0.29, 0.717) is 0 Å². The first-order valence-corrected chi connectivity index (χ1v) is 22.2. The average Bonchev–Trinajstić information content (AvgIpc) is 3.92. The molecule has 9 aromatic carbocycles. The summed E-state index contributed by atoms with van der Waals surface area (Å²) < 4.78 is 9.51. The van der Waals surface area contributed by atoms with Crippen LogP contribution in [0.25, 0.3) is 88.5 Å². The lowest BCUT2D eigenvalue weighted by atomic mass is 9.87. The smallest absolute Gasteiger partial charge is 0.159 e. The first-order chi connectivity index (χ1) is 31.7. The van der Waals surface area contributed by atoms with Crippen LogP contribution in [0.3, 0.4) is 0 Å². The van der Waals surface area contributed by atoms with Crippen molar-refractivity contribution in [2.75, 3.05) is 0 Å². The van der Waals surface area contributed by atoms with Crippen molar-refractivity contribution in [2.45, 2.75) is 18.8 Å². The predicted octanol–water partition coefficient (Wildman–Crippen LogP) is 14.0. The molecule has 3 unspecified atom stereocenters. The molecule has 0 radical (unpaired) electrons.